The molecule has 0 bridgehead atoms. The van der Waals surface area contributed by atoms with Crippen LogP contribution in [0.2, 0.25) is 0 Å². The van der Waals surface area contributed by atoms with Crippen LogP contribution in [-0.4, -0.2) is 17.6 Å². The molecule has 23 heavy (non-hydrogen) atoms. The summed E-state index contributed by atoms with van der Waals surface area (Å²) < 4.78 is 0. The third-order valence-corrected chi connectivity index (χ3v) is 3.50. The quantitative estimate of drug-likeness (QED) is 0.378. The Labute approximate surface area is 154 Å². The maximum absolute atomic E-state index is 9.01. The molecule has 0 atom stereocenters. The molecule has 0 spiro atoms. The summed E-state index contributed by atoms with van der Waals surface area (Å²) in [5.41, 5.74) is 10.2. The van der Waals surface area contributed by atoms with Gasteiger partial charge in [-0.05, 0) is 41.7 Å². The Balaban J connectivity index is 0.00000264. The largest absolute Gasteiger partial charge is 0.392 e. The average molecular weight is 425 g/mol. The van der Waals surface area contributed by atoms with Gasteiger partial charge < -0.3 is 16.2 Å². The number of nitrogens with zero attached hydrogens (tertiary/aromatic N) is 1. The smallest absolute Gasteiger partial charge is 0.193 e. The fourth-order valence-electron chi connectivity index (χ4n) is 2.17. The van der Waals surface area contributed by atoms with Crippen molar-refractivity contribution in [3.8, 4) is 0 Å². The second-order valence-corrected chi connectivity index (χ2v) is 5.17. The first-order valence-electron chi connectivity index (χ1n) is 7.56. The van der Waals surface area contributed by atoms with Gasteiger partial charge in [-0.3, -0.25) is 4.99 Å². The lowest BCUT2D eigenvalue weighted by atomic mass is 10.1. The predicted octanol–water partition coefficient (Wildman–Crippen LogP) is 3.33. The molecule has 5 heteroatoms. The third kappa shape index (κ3) is 6.58. The summed E-state index contributed by atoms with van der Waals surface area (Å²) in [5.74, 6) is 0.431. The molecule has 4 N–H and O–H groups in total. The van der Waals surface area contributed by atoms with E-state index in [0.29, 0.717) is 12.5 Å². The lowest BCUT2D eigenvalue weighted by Crippen LogP contribution is -2.23. The van der Waals surface area contributed by atoms with Crippen molar-refractivity contribution in [3.63, 3.8) is 0 Å². The zero-order valence-electron chi connectivity index (χ0n) is 13.3. The van der Waals surface area contributed by atoms with Crippen molar-refractivity contribution in [3.05, 3.63) is 65.2 Å². The second-order valence-electron chi connectivity index (χ2n) is 5.17. The van der Waals surface area contributed by atoms with E-state index in [1.807, 2.05) is 36.4 Å². The highest BCUT2D eigenvalue weighted by Crippen LogP contribution is 2.10. The van der Waals surface area contributed by atoms with Crippen LogP contribution in [0.15, 0.2) is 53.5 Å². The Kier molecular flexibility index (Phi) is 8.65. The van der Waals surface area contributed by atoms with Crippen LogP contribution in [0.5, 0.6) is 0 Å². The molecule has 0 aromatic heterocycles. The number of rotatable bonds is 6. The van der Waals surface area contributed by atoms with Crippen molar-refractivity contribution < 1.29 is 5.11 Å². The molecule has 2 rings (SSSR count). The number of hydrogen-bond acceptors (Lipinski definition) is 2. The first kappa shape index (κ1) is 19.4. The van der Waals surface area contributed by atoms with E-state index in [9.17, 15) is 0 Å². The van der Waals surface area contributed by atoms with Gasteiger partial charge in [-0.2, -0.15) is 0 Å². The maximum atomic E-state index is 9.01. The summed E-state index contributed by atoms with van der Waals surface area (Å²) in [6.45, 7) is 2.83. The van der Waals surface area contributed by atoms with Crippen molar-refractivity contribution >= 4 is 35.6 Å². The van der Waals surface area contributed by atoms with Crippen LogP contribution in [0.25, 0.3) is 0 Å². The molecule has 124 valence electrons. The fourth-order valence-corrected chi connectivity index (χ4v) is 2.17. The van der Waals surface area contributed by atoms with E-state index in [-0.39, 0.29) is 30.6 Å². The average Bonchev–Trinajstić information content (AvgIpc) is 2.55. The molecule has 0 unspecified atom stereocenters. The summed E-state index contributed by atoms with van der Waals surface area (Å²) in [5, 5.41) is 12.1. The maximum Gasteiger partial charge on any atom is 0.193 e. The second kappa shape index (κ2) is 10.2. The normalized spacial score (nSPS) is 11.0. The Morgan fingerprint density at radius 2 is 1.78 bits per heavy atom. The molecule has 0 heterocycles. The predicted molar refractivity (Wildman–Crippen MR) is 107 cm³/mol. The standard InChI is InChI=1S/C18H23N3O.HI/c1-2-14-4-3-5-17(12-14)21-18(19)20-11-10-15-6-8-16(13-22)9-7-15;/h3-9,12,22H,2,10-11,13H2,1H3,(H3,19,20,21);1H. The third-order valence-electron chi connectivity index (χ3n) is 3.50. The minimum Gasteiger partial charge on any atom is -0.392 e. The molecule has 0 aliphatic heterocycles. The van der Waals surface area contributed by atoms with Crippen LogP contribution in [0.4, 0.5) is 5.69 Å². The van der Waals surface area contributed by atoms with E-state index in [1.54, 1.807) is 0 Å². The minimum atomic E-state index is 0. The first-order chi connectivity index (χ1) is 10.7. The number of aliphatic hydroxyl groups excluding tert-OH is 1. The number of halogens is 1. The van der Waals surface area contributed by atoms with Gasteiger partial charge in [0.25, 0.3) is 0 Å². The molecule has 4 nitrogen and oxygen atoms in total. The summed E-state index contributed by atoms with van der Waals surface area (Å²) in [7, 11) is 0. The number of aryl methyl sites for hydroxylation is 1. The molecule has 0 fully saturated rings. The van der Waals surface area contributed by atoms with Crippen LogP contribution >= 0.6 is 24.0 Å². The van der Waals surface area contributed by atoms with E-state index >= 15 is 0 Å². The number of guanidine groups is 1. The van der Waals surface area contributed by atoms with Crippen LogP contribution in [0, 0.1) is 0 Å². The Hall–Kier alpha value is -1.60. The minimum absolute atomic E-state index is 0. The van der Waals surface area contributed by atoms with E-state index < -0.39 is 0 Å². The van der Waals surface area contributed by atoms with Crippen molar-refractivity contribution in [1.82, 2.24) is 0 Å². The van der Waals surface area contributed by atoms with Crippen molar-refractivity contribution in [2.45, 2.75) is 26.4 Å². The molecule has 2 aromatic carbocycles. The lowest BCUT2D eigenvalue weighted by Gasteiger charge is -2.07. The molecule has 2 aromatic rings. The number of benzene rings is 2. The molecule has 0 aliphatic rings. The number of hydrogen-bond donors (Lipinski definition) is 3. The Morgan fingerprint density at radius 1 is 1.09 bits per heavy atom. The molecule has 0 radical (unpaired) electrons. The summed E-state index contributed by atoms with van der Waals surface area (Å²) in [6.07, 6.45) is 1.82. The van der Waals surface area contributed by atoms with Gasteiger partial charge in [-0.25, -0.2) is 0 Å². The van der Waals surface area contributed by atoms with E-state index in [4.69, 9.17) is 10.8 Å². The van der Waals surface area contributed by atoms with Gasteiger partial charge in [0.1, 0.15) is 0 Å². The molecule has 0 saturated heterocycles. The van der Waals surface area contributed by atoms with Crippen LogP contribution in [0.1, 0.15) is 23.6 Å². The molecule has 0 amide bonds. The van der Waals surface area contributed by atoms with Crippen LogP contribution < -0.4 is 11.1 Å². The van der Waals surface area contributed by atoms with Gasteiger partial charge in [0.15, 0.2) is 5.96 Å². The highest BCUT2D eigenvalue weighted by atomic mass is 127. The zero-order chi connectivity index (χ0) is 15.8. The number of nitrogens with two attached hydrogens (primary N) is 1. The topological polar surface area (TPSA) is 70.6 Å². The molecule has 0 aliphatic carbocycles. The lowest BCUT2D eigenvalue weighted by molar-refractivity contribution is 0.282. The molecule has 0 saturated carbocycles. The number of aliphatic imine (C=N–C) groups is 1. The fraction of sp³-hybridized carbons (Fsp3) is 0.278. The van der Waals surface area contributed by atoms with Crippen molar-refractivity contribution in [2.24, 2.45) is 10.7 Å². The highest BCUT2D eigenvalue weighted by Gasteiger charge is 1.97. The number of aliphatic hydroxyl groups is 1. The van der Waals surface area contributed by atoms with Gasteiger partial charge in [0.2, 0.25) is 0 Å². The van der Waals surface area contributed by atoms with Gasteiger partial charge in [0.05, 0.1) is 6.61 Å². The van der Waals surface area contributed by atoms with E-state index in [2.05, 4.69) is 29.4 Å². The van der Waals surface area contributed by atoms with Gasteiger partial charge in [0, 0.05) is 12.2 Å². The Morgan fingerprint density at radius 3 is 2.43 bits per heavy atom. The van der Waals surface area contributed by atoms with Gasteiger partial charge >= 0.3 is 0 Å². The van der Waals surface area contributed by atoms with Gasteiger partial charge in [-0.15, -0.1) is 24.0 Å². The number of anilines is 1. The number of nitrogens with one attached hydrogen (secondary N) is 1. The summed E-state index contributed by atoms with van der Waals surface area (Å²) >= 11 is 0. The summed E-state index contributed by atoms with van der Waals surface area (Å²) in [4.78, 5) is 4.35. The zero-order valence-corrected chi connectivity index (χ0v) is 15.7. The van der Waals surface area contributed by atoms with E-state index in [1.165, 1.54) is 11.1 Å². The van der Waals surface area contributed by atoms with Crippen LogP contribution in [-0.2, 0) is 19.4 Å². The van der Waals surface area contributed by atoms with Crippen LogP contribution in [0.3, 0.4) is 0 Å². The van der Waals surface area contributed by atoms with Crippen molar-refractivity contribution in [1.29, 1.82) is 0 Å². The highest BCUT2D eigenvalue weighted by molar-refractivity contribution is 14.0. The molecular weight excluding hydrogens is 401 g/mol. The van der Waals surface area contributed by atoms with Crippen molar-refractivity contribution in [2.75, 3.05) is 11.9 Å². The molecular formula is C18H24IN3O. The SMILES string of the molecule is CCc1cccc(NC(N)=NCCc2ccc(CO)cc2)c1.I. The van der Waals surface area contributed by atoms with E-state index in [0.717, 1.165) is 24.1 Å². The monoisotopic (exact) mass is 425 g/mol. The Bertz CT molecular complexity index is 626. The summed E-state index contributed by atoms with van der Waals surface area (Å²) in [6, 6.07) is 16.0. The first-order valence-corrected chi connectivity index (χ1v) is 7.56. The van der Waals surface area contributed by atoms with Gasteiger partial charge in [-0.1, -0.05) is 43.3 Å².